The van der Waals surface area contributed by atoms with E-state index in [2.05, 4.69) is 9.97 Å². The predicted octanol–water partition coefficient (Wildman–Crippen LogP) is 4.12. The van der Waals surface area contributed by atoms with Gasteiger partial charge in [0.25, 0.3) is 0 Å². The first-order chi connectivity index (χ1) is 15.3. The van der Waals surface area contributed by atoms with Crippen LogP contribution in [0, 0.1) is 5.92 Å². The van der Waals surface area contributed by atoms with Gasteiger partial charge in [-0.3, -0.25) is 0 Å². The first-order valence-electron chi connectivity index (χ1n) is 10.5. The van der Waals surface area contributed by atoms with Gasteiger partial charge in [-0.05, 0) is 31.0 Å². The van der Waals surface area contributed by atoms with Crippen LogP contribution in [-0.4, -0.2) is 40.9 Å². The summed E-state index contributed by atoms with van der Waals surface area (Å²) in [6.45, 7) is 5.93. The molecule has 0 unspecified atom stereocenters. The van der Waals surface area contributed by atoms with Crippen LogP contribution in [0.3, 0.4) is 0 Å². The van der Waals surface area contributed by atoms with Crippen molar-refractivity contribution in [1.29, 1.82) is 0 Å². The van der Waals surface area contributed by atoms with Crippen molar-refractivity contribution in [2.75, 3.05) is 17.7 Å². The van der Waals surface area contributed by atoms with E-state index in [1.165, 1.54) is 6.92 Å². The van der Waals surface area contributed by atoms with Crippen LogP contribution in [0.2, 0.25) is 0 Å². The molecule has 0 amide bonds. The number of halogens is 3. The third kappa shape index (κ3) is 4.19. The first kappa shape index (κ1) is 23.5. The summed E-state index contributed by atoms with van der Waals surface area (Å²) in [5.41, 5.74) is 0.105. The number of hydrogen-bond donors (Lipinski definition) is 1. The fraction of sp³-hybridized carbons (Fsp3) is 0.455. The molecule has 1 aromatic carbocycles. The van der Waals surface area contributed by atoms with E-state index in [0.29, 0.717) is 13.1 Å². The monoisotopic (exact) mass is 482 g/mol. The van der Waals surface area contributed by atoms with Gasteiger partial charge in [0.1, 0.15) is 0 Å². The second-order valence-corrected chi connectivity index (χ2v) is 10.8. The Labute approximate surface area is 189 Å². The Morgan fingerprint density at radius 2 is 1.85 bits per heavy atom. The molecule has 2 aromatic heterocycles. The van der Waals surface area contributed by atoms with Gasteiger partial charge in [-0.25, -0.2) is 18.4 Å². The van der Waals surface area contributed by atoms with Crippen LogP contribution in [0.25, 0.3) is 10.9 Å². The lowest BCUT2D eigenvalue weighted by atomic mass is 9.97. The number of aliphatic hydroxyl groups excluding tert-OH is 1. The molecule has 7 nitrogen and oxygen atoms in total. The number of nitrogens with zero attached hydrogens (tertiary/aromatic N) is 4. The highest BCUT2D eigenvalue weighted by Crippen LogP contribution is 2.40. The summed E-state index contributed by atoms with van der Waals surface area (Å²) in [6.07, 6.45) is -3.90. The van der Waals surface area contributed by atoms with E-state index >= 15 is 0 Å². The molecule has 1 aliphatic rings. The number of aromatic nitrogens is 3. The van der Waals surface area contributed by atoms with Crippen LogP contribution in [0.15, 0.2) is 35.4 Å². The summed E-state index contributed by atoms with van der Waals surface area (Å²) in [4.78, 5) is 9.97. The second-order valence-electron chi connectivity index (χ2n) is 8.74. The number of aliphatic hydroxyl groups is 1. The fourth-order valence-electron chi connectivity index (χ4n) is 4.47. The zero-order valence-electron chi connectivity index (χ0n) is 18.6. The molecule has 178 valence electrons. The number of fused-ring (bicyclic) bond motifs is 3. The molecule has 0 spiro atoms. The predicted molar refractivity (Wildman–Crippen MR) is 118 cm³/mol. The molecular formula is C22H25F3N4O3S. The Hall–Kier alpha value is -2.66. The molecule has 0 radical (unpaired) electrons. The van der Waals surface area contributed by atoms with E-state index in [1.54, 1.807) is 23.1 Å². The molecule has 0 bridgehead atoms. The lowest BCUT2D eigenvalue weighted by molar-refractivity contribution is -0.142. The average Bonchev–Trinajstić information content (AvgIpc) is 3.08. The van der Waals surface area contributed by atoms with Gasteiger partial charge in [-0.1, -0.05) is 19.9 Å². The Morgan fingerprint density at radius 1 is 1.15 bits per heavy atom. The smallest absolute Gasteiger partial charge is 0.389 e. The number of rotatable bonds is 4. The second kappa shape index (κ2) is 7.98. The summed E-state index contributed by atoms with van der Waals surface area (Å²) in [7, 11) is -3.38. The van der Waals surface area contributed by atoms with E-state index in [1.807, 2.05) is 24.5 Å². The van der Waals surface area contributed by atoms with Crippen molar-refractivity contribution in [2.24, 2.45) is 5.92 Å². The van der Waals surface area contributed by atoms with Crippen LogP contribution in [0.4, 0.5) is 19.1 Å². The lowest BCUT2D eigenvalue weighted by Crippen LogP contribution is -2.41. The average molecular weight is 483 g/mol. The Kier molecular flexibility index (Phi) is 5.68. The van der Waals surface area contributed by atoms with Crippen molar-refractivity contribution in [3.8, 4) is 0 Å². The van der Waals surface area contributed by atoms with Crippen molar-refractivity contribution in [3.05, 3.63) is 47.4 Å². The molecule has 0 fully saturated rings. The first-order valence-corrected chi connectivity index (χ1v) is 12.4. The summed E-state index contributed by atoms with van der Waals surface area (Å²) < 4.78 is 67.0. The number of sulfone groups is 1. The molecule has 1 N–H and O–H groups in total. The fourth-order valence-corrected chi connectivity index (χ4v) is 5.11. The lowest BCUT2D eigenvalue weighted by Gasteiger charge is -2.39. The Balaban J connectivity index is 1.84. The maximum Gasteiger partial charge on any atom is 0.433 e. The molecular weight excluding hydrogens is 457 g/mol. The maximum atomic E-state index is 13.7. The molecule has 1 aliphatic heterocycles. The molecule has 0 aliphatic carbocycles. The summed E-state index contributed by atoms with van der Waals surface area (Å²) in [5, 5.41) is 10.6. The Morgan fingerprint density at radius 3 is 2.42 bits per heavy atom. The highest BCUT2D eigenvalue weighted by molar-refractivity contribution is 7.90. The van der Waals surface area contributed by atoms with Crippen LogP contribution in [-0.2, 0) is 22.6 Å². The molecule has 33 heavy (non-hydrogen) atoms. The van der Waals surface area contributed by atoms with Crippen LogP contribution in [0.5, 0.6) is 0 Å². The molecule has 3 heterocycles. The highest BCUT2D eigenvalue weighted by atomic mass is 32.2. The summed E-state index contributed by atoms with van der Waals surface area (Å²) >= 11 is 0. The minimum absolute atomic E-state index is 0.00267. The van der Waals surface area contributed by atoms with Gasteiger partial charge >= 0.3 is 6.18 Å². The number of alkyl halides is 3. The molecule has 0 saturated heterocycles. The van der Waals surface area contributed by atoms with Gasteiger partial charge in [0.15, 0.2) is 15.5 Å². The minimum atomic E-state index is -4.73. The van der Waals surface area contributed by atoms with Crippen molar-refractivity contribution in [1.82, 2.24) is 14.5 Å². The van der Waals surface area contributed by atoms with Gasteiger partial charge in [-0.15, -0.1) is 0 Å². The van der Waals surface area contributed by atoms with E-state index in [4.69, 9.17) is 0 Å². The standard InChI is InChI=1S/C22H25F3N4O3S/c1-12(2)19-18-9-14-5-6-15(33(4,31)32)10-17(14)28(18)7-8-29(19)21-26-11-16(13(3)30)20(27-21)22(23,24)25/h5-6,9-13,19,30H,7-8H2,1-4H3/t13-,19-/m1/s1. The molecule has 3 aromatic rings. The third-order valence-electron chi connectivity index (χ3n) is 5.95. The van der Waals surface area contributed by atoms with Crippen LogP contribution in [0.1, 0.15) is 49.9 Å². The highest BCUT2D eigenvalue weighted by Gasteiger charge is 2.39. The number of anilines is 1. The van der Waals surface area contributed by atoms with E-state index in [9.17, 15) is 26.7 Å². The molecule has 2 atom stereocenters. The van der Waals surface area contributed by atoms with Gasteiger partial charge in [0, 0.05) is 47.7 Å². The van der Waals surface area contributed by atoms with Crippen molar-refractivity contribution in [3.63, 3.8) is 0 Å². The summed E-state index contributed by atoms with van der Waals surface area (Å²) in [5.74, 6) is -0.0594. The van der Waals surface area contributed by atoms with Crippen LogP contribution >= 0.6 is 0 Å². The van der Waals surface area contributed by atoms with E-state index in [-0.39, 0.29) is 28.4 Å². The topological polar surface area (TPSA) is 88.3 Å². The zero-order chi connectivity index (χ0) is 24.3. The Bertz CT molecular complexity index is 1320. The van der Waals surface area contributed by atoms with Gasteiger partial charge in [-0.2, -0.15) is 13.2 Å². The molecule has 11 heteroatoms. The summed E-state index contributed by atoms with van der Waals surface area (Å²) in [6, 6.07) is 6.55. The van der Waals surface area contributed by atoms with E-state index in [0.717, 1.165) is 29.0 Å². The number of benzene rings is 1. The SMILES string of the molecule is CC(C)[C@@H]1c2cc3ccc(S(C)(=O)=O)cc3n2CCN1c1ncc([C@@H](C)O)c(C(F)(F)F)n1. The third-order valence-corrected chi connectivity index (χ3v) is 7.06. The van der Waals surface area contributed by atoms with Gasteiger partial charge in [0.2, 0.25) is 5.95 Å². The quantitative estimate of drug-likeness (QED) is 0.602. The van der Waals surface area contributed by atoms with Gasteiger partial charge < -0.3 is 14.6 Å². The molecule has 4 rings (SSSR count). The number of hydrogen-bond acceptors (Lipinski definition) is 6. The van der Waals surface area contributed by atoms with Crippen molar-refractivity contribution < 1.29 is 26.7 Å². The van der Waals surface area contributed by atoms with Crippen molar-refractivity contribution in [2.45, 2.75) is 50.5 Å². The maximum absolute atomic E-state index is 13.7. The zero-order valence-corrected chi connectivity index (χ0v) is 19.4. The molecule has 0 saturated carbocycles. The van der Waals surface area contributed by atoms with Crippen LogP contribution < -0.4 is 4.90 Å². The van der Waals surface area contributed by atoms with E-state index < -0.39 is 27.8 Å². The largest absolute Gasteiger partial charge is 0.433 e. The minimum Gasteiger partial charge on any atom is -0.389 e. The van der Waals surface area contributed by atoms with Gasteiger partial charge in [0.05, 0.1) is 17.0 Å². The van der Waals surface area contributed by atoms with Crippen molar-refractivity contribution >= 4 is 26.7 Å². The normalized spacial score (nSPS) is 18.1.